The van der Waals surface area contributed by atoms with Gasteiger partial charge in [-0.15, -0.1) is 11.3 Å². The lowest BCUT2D eigenvalue weighted by Gasteiger charge is -2.07. The zero-order chi connectivity index (χ0) is 16.2. The number of anilines is 1. The van der Waals surface area contributed by atoms with Gasteiger partial charge < -0.3 is 10.5 Å². The Balaban J connectivity index is 2.15. The van der Waals surface area contributed by atoms with Gasteiger partial charge in [0.1, 0.15) is 0 Å². The van der Waals surface area contributed by atoms with Gasteiger partial charge in [-0.3, -0.25) is 0 Å². The van der Waals surface area contributed by atoms with Crippen molar-refractivity contribution in [3.05, 3.63) is 59.1 Å². The highest BCUT2D eigenvalue weighted by atomic mass is 32.1. The summed E-state index contributed by atoms with van der Waals surface area (Å²) in [5, 5.41) is 4.37. The van der Waals surface area contributed by atoms with Crippen LogP contribution in [0.2, 0.25) is 0 Å². The zero-order valence-electron chi connectivity index (χ0n) is 12.7. The van der Waals surface area contributed by atoms with Gasteiger partial charge in [0.25, 0.3) is 0 Å². The van der Waals surface area contributed by atoms with E-state index in [2.05, 4.69) is 4.98 Å². The number of carbonyl (C=O) groups excluding carboxylic acids is 1. The third-order valence-corrected chi connectivity index (χ3v) is 4.09. The van der Waals surface area contributed by atoms with E-state index >= 15 is 0 Å². The van der Waals surface area contributed by atoms with E-state index in [4.69, 9.17) is 10.5 Å². The molecule has 0 aliphatic rings. The van der Waals surface area contributed by atoms with Gasteiger partial charge in [0.2, 0.25) is 0 Å². The van der Waals surface area contributed by atoms with Gasteiger partial charge in [-0.05, 0) is 29.3 Å². The van der Waals surface area contributed by atoms with Gasteiger partial charge in [-0.2, -0.15) is 0 Å². The second kappa shape index (κ2) is 6.62. The molecule has 4 nitrogen and oxygen atoms in total. The summed E-state index contributed by atoms with van der Waals surface area (Å²) in [7, 11) is 0. The van der Waals surface area contributed by atoms with Crippen molar-refractivity contribution in [1.29, 1.82) is 0 Å². The van der Waals surface area contributed by atoms with Crippen LogP contribution in [0.4, 0.5) is 5.13 Å². The van der Waals surface area contributed by atoms with Crippen molar-refractivity contribution in [3.8, 4) is 0 Å². The lowest BCUT2D eigenvalue weighted by molar-refractivity contribution is -0.136. The molecule has 5 heteroatoms. The number of rotatable bonds is 4. The average Bonchev–Trinajstić information content (AvgIpc) is 2.99. The first-order chi connectivity index (χ1) is 11.2. The standard InChI is InChI=1S/C18H16N2O2S/c1-2-22-17(21)15(16-11-23-18(19)20-16)10-13-8-5-7-12-6-3-4-9-14(12)13/h3-11H,2H2,1H3,(H2,19,20). The fraction of sp³-hybridized carbons (Fsp3) is 0.111. The summed E-state index contributed by atoms with van der Waals surface area (Å²) in [5.41, 5.74) is 7.60. The molecule has 3 aromatic rings. The molecule has 1 aromatic heterocycles. The summed E-state index contributed by atoms with van der Waals surface area (Å²) in [6.45, 7) is 2.09. The molecule has 0 saturated carbocycles. The van der Waals surface area contributed by atoms with Gasteiger partial charge in [-0.25, -0.2) is 9.78 Å². The molecule has 0 radical (unpaired) electrons. The summed E-state index contributed by atoms with van der Waals surface area (Å²) in [5.74, 6) is -0.397. The molecule has 116 valence electrons. The number of aromatic nitrogens is 1. The van der Waals surface area contributed by atoms with Crippen molar-refractivity contribution in [1.82, 2.24) is 4.98 Å². The maximum absolute atomic E-state index is 12.3. The van der Waals surface area contributed by atoms with Crippen LogP contribution in [0.3, 0.4) is 0 Å². The van der Waals surface area contributed by atoms with Crippen molar-refractivity contribution < 1.29 is 9.53 Å². The number of benzene rings is 2. The highest BCUT2D eigenvalue weighted by Gasteiger charge is 2.17. The molecule has 0 saturated heterocycles. The smallest absolute Gasteiger partial charge is 0.340 e. The SMILES string of the molecule is CCOC(=O)C(=Cc1cccc2ccccc12)c1csc(N)n1. The van der Waals surface area contributed by atoms with Crippen molar-refractivity contribution in [2.75, 3.05) is 12.3 Å². The van der Waals surface area contributed by atoms with Crippen molar-refractivity contribution in [2.45, 2.75) is 6.92 Å². The number of thiazole rings is 1. The summed E-state index contributed by atoms with van der Waals surface area (Å²) in [6, 6.07) is 14.0. The van der Waals surface area contributed by atoms with Crippen LogP contribution in [-0.4, -0.2) is 17.6 Å². The Hall–Kier alpha value is -2.66. The molecule has 3 rings (SSSR count). The Labute approximate surface area is 138 Å². The normalized spacial score (nSPS) is 11.6. The topological polar surface area (TPSA) is 65.2 Å². The Bertz CT molecular complexity index is 878. The van der Waals surface area contributed by atoms with Crippen LogP contribution < -0.4 is 5.73 Å². The summed E-state index contributed by atoms with van der Waals surface area (Å²) in [6.07, 6.45) is 1.81. The highest BCUT2D eigenvalue weighted by Crippen LogP contribution is 2.26. The summed E-state index contributed by atoms with van der Waals surface area (Å²) < 4.78 is 5.17. The number of hydrogen-bond acceptors (Lipinski definition) is 5. The largest absolute Gasteiger partial charge is 0.462 e. The van der Waals surface area contributed by atoms with E-state index in [1.165, 1.54) is 11.3 Å². The monoisotopic (exact) mass is 324 g/mol. The molecule has 0 atom stereocenters. The fourth-order valence-corrected chi connectivity index (χ4v) is 2.95. The number of fused-ring (bicyclic) bond motifs is 1. The number of esters is 1. The Morgan fingerprint density at radius 1 is 1.26 bits per heavy atom. The van der Waals surface area contributed by atoms with Gasteiger partial charge in [-0.1, -0.05) is 42.5 Å². The number of nitrogens with two attached hydrogens (primary N) is 1. The first kappa shape index (κ1) is 15.2. The molecular formula is C18H16N2O2S. The maximum atomic E-state index is 12.3. The van der Waals surface area contributed by atoms with E-state index in [1.54, 1.807) is 12.3 Å². The predicted octanol–water partition coefficient (Wildman–Crippen LogP) is 3.98. The van der Waals surface area contributed by atoms with Crippen LogP contribution in [0.5, 0.6) is 0 Å². The molecule has 0 unspecified atom stereocenters. The van der Waals surface area contributed by atoms with E-state index in [-0.39, 0.29) is 0 Å². The van der Waals surface area contributed by atoms with Gasteiger partial charge in [0, 0.05) is 5.38 Å². The second-order valence-electron chi connectivity index (χ2n) is 4.92. The molecule has 0 amide bonds. The van der Waals surface area contributed by atoms with Crippen LogP contribution in [0, 0.1) is 0 Å². The third kappa shape index (κ3) is 3.24. The minimum absolute atomic E-state index is 0.311. The van der Waals surface area contributed by atoms with Crippen LogP contribution in [0.15, 0.2) is 47.8 Å². The first-order valence-corrected chi connectivity index (χ1v) is 8.15. The predicted molar refractivity (Wildman–Crippen MR) is 95.0 cm³/mol. The minimum atomic E-state index is -0.397. The first-order valence-electron chi connectivity index (χ1n) is 7.27. The van der Waals surface area contributed by atoms with Gasteiger partial charge in [0.15, 0.2) is 5.13 Å². The number of nitrogens with zero attached hydrogens (tertiary/aromatic N) is 1. The van der Waals surface area contributed by atoms with Crippen molar-refractivity contribution in [2.24, 2.45) is 0 Å². The van der Waals surface area contributed by atoms with E-state index < -0.39 is 5.97 Å². The second-order valence-corrected chi connectivity index (χ2v) is 5.81. The molecule has 0 spiro atoms. The highest BCUT2D eigenvalue weighted by molar-refractivity contribution is 7.13. The van der Waals surface area contributed by atoms with Crippen molar-refractivity contribution >= 4 is 44.9 Å². The van der Waals surface area contributed by atoms with E-state index in [1.807, 2.05) is 48.5 Å². The van der Waals surface area contributed by atoms with Crippen molar-refractivity contribution in [3.63, 3.8) is 0 Å². The van der Waals surface area contributed by atoms with Crippen LogP contribution in [0.25, 0.3) is 22.4 Å². The lowest BCUT2D eigenvalue weighted by atomic mass is 10.0. The fourth-order valence-electron chi connectivity index (χ4n) is 2.39. The minimum Gasteiger partial charge on any atom is -0.462 e. The van der Waals surface area contributed by atoms with Crippen LogP contribution >= 0.6 is 11.3 Å². The molecule has 0 bridgehead atoms. The van der Waals surface area contributed by atoms with E-state index in [0.717, 1.165) is 16.3 Å². The van der Waals surface area contributed by atoms with Gasteiger partial charge in [0.05, 0.1) is 17.9 Å². The quantitative estimate of drug-likeness (QED) is 0.582. The Morgan fingerprint density at radius 3 is 2.78 bits per heavy atom. The zero-order valence-corrected chi connectivity index (χ0v) is 13.5. The number of hydrogen-bond donors (Lipinski definition) is 1. The van der Waals surface area contributed by atoms with Crippen LogP contribution in [0.1, 0.15) is 18.2 Å². The average molecular weight is 324 g/mol. The molecule has 0 aliphatic heterocycles. The molecular weight excluding hydrogens is 308 g/mol. The molecule has 1 heterocycles. The van der Waals surface area contributed by atoms with Crippen LogP contribution in [-0.2, 0) is 9.53 Å². The lowest BCUT2D eigenvalue weighted by Crippen LogP contribution is -2.07. The molecule has 0 fully saturated rings. The maximum Gasteiger partial charge on any atom is 0.340 e. The van der Waals surface area contributed by atoms with E-state index in [0.29, 0.717) is 23.0 Å². The molecule has 23 heavy (non-hydrogen) atoms. The van der Waals surface area contributed by atoms with Gasteiger partial charge >= 0.3 is 5.97 Å². The van der Waals surface area contributed by atoms with E-state index in [9.17, 15) is 4.79 Å². The number of nitrogen functional groups attached to an aromatic ring is 1. The Morgan fingerprint density at radius 2 is 2.04 bits per heavy atom. The molecule has 2 aromatic carbocycles. The summed E-state index contributed by atoms with van der Waals surface area (Å²) in [4.78, 5) is 16.5. The Kier molecular flexibility index (Phi) is 4.39. The molecule has 0 aliphatic carbocycles. The number of ether oxygens (including phenoxy) is 1. The third-order valence-electron chi connectivity index (χ3n) is 3.42. The summed E-state index contributed by atoms with van der Waals surface area (Å²) >= 11 is 1.30. The molecule has 2 N–H and O–H groups in total. The number of carbonyl (C=O) groups is 1.